The van der Waals surface area contributed by atoms with Gasteiger partial charge < -0.3 is 4.74 Å². The first-order valence-corrected chi connectivity index (χ1v) is 13.0. The summed E-state index contributed by atoms with van der Waals surface area (Å²) in [6.45, 7) is -0.746. The van der Waals surface area contributed by atoms with Crippen molar-refractivity contribution in [2.24, 2.45) is 5.41 Å². The maximum absolute atomic E-state index is 13.8. The van der Waals surface area contributed by atoms with Crippen LogP contribution >= 0.6 is 23.2 Å². The van der Waals surface area contributed by atoms with Crippen LogP contribution in [0.15, 0.2) is 41.3 Å². The topological polar surface area (TPSA) is 114 Å². The van der Waals surface area contributed by atoms with Crippen LogP contribution in [0.4, 0.5) is 4.39 Å². The fourth-order valence-electron chi connectivity index (χ4n) is 3.06. The van der Waals surface area contributed by atoms with Gasteiger partial charge in [0.1, 0.15) is 22.5 Å². The number of rotatable bonds is 8. The van der Waals surface area contributed by atoms with Crippen LogP contribution in [0.3, 0.4) is 0 Å². The molecule has 172 valence electrons. The Balaban J connectivity index is 1.79. The summed E-state index contributed by atoms with van der Waals surface area (Å²) >= 11 is 11.9. The van der Waals surface area contributed by atoms with Crippen molar-refractivity contribution in [3.8, 4) is 11.8 Å². The van der Waals surface area contributed by atoms with E-state index in [1.165, 1.54) is 30.3 Å². The first kappa shape index (κ1) is 24.7. The van der Waals surface area contributed by atoms with Crippen LogP contribution < -0.4 is 4.74 Å². The first-order chi connectivity index (χ1) is 14.8. The van der Waals surface area contributed by atoms with E-state index in [4.69, 9.17) is 37.4 Å². The predicted octanol–water partition coefficient (Wildman–Crippen LogP) is 3.05. The molecule has 0 saturated carbocycles. The summed E-state index contributed by atoms with van der Waals surface area (Å²) in [6, 6.07) is 9.31. The SMILES string of the molecule is CS(=O)(=O)OCC1(COc2ccc(C#N)c(F)c2)CN(S(=O)(=O)c2ccc(Cl)cc2Cl)C1. The Bertz CT molecular complexity index is 1290. The molecule has 8 nitrogen and oxygen atoms in total. The van der Waals surface area contributed by atoms with E-state index in [2.05, 4.69) is 0 Å². The Hall–Kier alpha value is -1.94. The number of hydrogen-bond acceptors (Lipinski definition) is 7. The normalized spacial score (nSPS) is 16.2. The van der Waals surface area contributed by atoms with Gasteiger partial charge >= 0.3 is 0 Å². The van der Waals surface area contributed by atoms with Gasteiger partial charge in [0.15, 0.2) is 0 Å². The molecule has 0 amide bonds. The summed E-state index contributed by atoms with van der Waals surface area (Å²) in [5, 5.41) is 9.04. The molecule has 0 radical (unpaired) electrons. The van der Waals surface area contributed by atoms with Gasteiger partial charge in [-0.2, -0.15) is 18.0 Å². The van der Waals surface area contributed by atoms with Gasteiger partial charge in [-0.1, -0.05) is 23.2 Å². The fraction of sp³-hybridized carbons (Fsp3) is 0.316. The molecule has 32 heavy (non-hydrogen) atoms. The molecule has 1 aliphatic heterocycles. The van der Waals surface area contributed by atoms with Crippen molar-refractivity contribution in [2.75, 3.05) is 32.6 Å². The molecule has 1 saturated heterocycles. The molecule has 13 heteroatoms. The Morgan fingerprint density at radius 2 is 1.81 bits per heavy atom. The highest BCUT2D eigenvalue weighted by Crippen LogP contribution is 2.38. The monoisotopic (exact) mass is 522 g/mol. The number of halogens is 3. The summed E-state index contributed by atoms with van der Waals surface area (Å²) in [5.41, 5.74) is -1.17. The second-order valence-electron chi connectivity index (χ2n) is 7.36. The predicted molar refractivity (Wildman–Crippen MR) is 115 cm³/mol. The van der Waals surface area contributed by atoms with E-state index in [0.717, 1.165) is 16.6 Å². The van der Waals surface area contributed by atoms with Crippen LogP contribution in [-0.4, -0.2) is 53.7 Å². The lowest BCUT2D eigenvalue weighted by atomic mass is 9.83. The Morgan fingerprint density at radius 3 is 2.38 bits per heavy atom. The molecular formula is C19H17Cl2FN2O6S2. The smallest absolute Gasteiger partial charge is 0.264 e. The van der Waals surface area contributed by atoms with E-state index in [-0.39, 0.29) is 52.6 Å². The van der Waals surface area contributed by atoms with Crippen molar-refractivity contribution in [3.63, 3.8) is 0 Å². The highest BCUT2D eigenvalue weighted by molar-refractivity contribution is 7.89. The number of benzene rings is 2. The summed E-state index contributed by atoms with van der Waals surface area (Å²) in [7, 11) is -7.79. The lowest BCUT2D eigenvalue weighted by Crippen LogP contribution is -2.63. The largest absolute Gasteiger partial charge is 0.493 e. The van der Waals surface area contributed by atoms with Gasteiger partial charge in [0.05, 0.1) is 35.5 Å². The van der Waals surface area contributed by atoms with Crippen molar-refractivity contribution in [1.29, 1.82) is 5.26 Å². The third-order valence-electron chi connectivity index (χ3n) is 4.72. The quantitative estimate of drug-likeness (QED) is 0.489. The number of nitriles is 1. The molecule has 0 bridgehead atoms. The van der Waals surface area contributed by atoms with E-state index in [9.17, 15) is 21.2 Å². The van der Waals surface area contributed by atoms with Gasteiger partial charge in [-0.25, -0.2) is 12.8 Å². The standard InChI is InChI=1S/C19H17Cl2FN2O6S2/c1-31(25,26)30-12-19(11-29-15-4-2-13(8-23)17(22)7-15)9-24(10-19)32(27,28)18-5-3-14(20)6-16(18)21/h2-7H,9-12H2,1H3. The summed E-state index contributed by atoms with van der Waals surface area (Å²) in [6.07, 6.45) is 0.873. The molecule has 0 atom stereocenters. The zero-order valence-corrected chi connectivity index (χ0v) is 19.7. The zero-order chi connectivity index (χ0) is 23.7. The summed E-state index contributed by atoms with van der Waals surface area (Å²) in [4.78, 5) is -0.142. The third-order valence-corrected chi connectivity index (χ3v) is 7.78. The molecular weight excluding hydrogens is 506 g/mol. The maximum Gasteiger partial charge on any atom is 0.264 e. The molecule has 1 heterocycles. The fourth-order valence-corrected chi connectivity index (χ4v) is 5.94. The first-order valence-electron chi connectivity index (χ1n) is 8.97. The van der Waals surface area contributed by atoms with Crippen molar-refractivity contribution in [1.82, 2.24) is 4.31 Å². The number of ether oxygens (including phenoxy) is 1. The maximum atomic E-state index is 13.8. The molecule has 2 aromatic carbocycles. The Kier molecular flexibility index (Phi) is 7.05. The molecule has 0 unspecified atom stereocenters. The van der Waals surface area contributed by atoms with Gasteiger partial charge in [0.2, 0.25) is 10.0 Å². The minimum absolute atomic E-state index is 0.0494. The molecule has 0 N–H and O–H groups in total. The molecule has 0 aliphatic carbocycles. The van der Waals surface area contributed by atoms with E-state index in [1.807, 2.05) is 0 Å². The third kappa shape index (κ3) is 5.51. The average Bonchev–Trinajstić information content (AvgIpc) is 2.65. The second kappa shape index (κ2) is 9.13. The Labute approximate surface area is 195 Å². The van der Waals surface area contributed by atoms with E-state index < -0.39 is 31.4 Å². The summed E-state index contributed by atoms with van der Waals surface area (Å²) in [5.74, 6) is -0.677. The van der Waals surface area contributed by atoms with Crippen LogP contribution in [0, 0.1) is 22.6 Å². The number of sulfonamides is 1. The molecule has 1 fully saturated rings. The van der Waals surface area contributed by atoms with Crippen molar-refractivity contribution in [3.05, 3.63) is 57.8 Å². The highest BCUT2D eigenvalue weighted by Gasteiger charge is 2.50. The number of nitrogens with zero attached hydrogens (tertiary/aromatic N) is 2. The van der Waals surface area contributed by atoms with Gasteiger partial charge in [-0.3, -0.25) is 4.18 Å². The second-order valence-corrected chi connectivity index (χ2v) is 11.8. The summed E-state index contributed by atoms with van der Waals surface area (Å²) < 4.78 is 74.3. The van der Waals surface area contributed by atoms with Crippen LogP contribution in [0.2, 0.25) is 10.0 Å². The van der Waals surface area contributed by atoms with Gasteiger partial charge in [0, 0.05) is 24.2 Å². The van der Waals surface area contributed by atoms with Crippen LogP contribution in [0.1, 0.15) is 5.56 Å². The van der Waals surface area contributed by atoms with Crippen molar-refractivity contribution in [2.45, 2.75) is 4.90 Å². The highest BCUT2D eigenvalue weighted by atomic mass is 35.5. The molecule has 1 aliphatic rings. The van der Waals surface area contributed by atoms with Crippen LogP contribution in [-0.2, 0) is 24.3 Å². The Morgan fingerprint density at radius 1 is 1.12 bits per heavy atom. The zero-order valence-electron chi connectivity index (χ0n) is 16.6. The van der Waals surface area contributed by atoms with Crippen LogP contribution in [0.5, 0.6) is 5.75 Å². The molecule has 3 rings (SSSR count). The van der Waals surface area contributed by atoms with Gasteiger partial charge in [-0.15, -0.1) is 0 Å². The molecule has 2 aromatic rings. The molecule has 0 spiro atoms. The number of hydrogen-bond donors (Lipinski definition) is 0. The van der Waals surface area contributed by atoms with Crippen molar-refractivity contribution < 1.29 is 30.1 Å². The van der Waals surface area contributed by atoms with Gasteiger partial charge in [-0.05, 0) is 30.3 Å². The minimum Gasteiger partial charge on any atom is -0.493 e. The van der Waals surface area contributed by atoms with Gasteiger partial charge in [0.25, 0.3) is 10.1 Å². The lowest BCUT2D eigenvalue weighted by Gasteiger charge is -2.48. The molecule has 0 aromatic heterocycles. The van der Waals surface area contributed by atoms with Crippen LogP contribution in [0.25, 0.3) is 0 Å². The lowest BCUT2D eigenvalue weighted by molar-refractivity contribution is -0.0171. The average molecular weight is 523 g/mol. The van der Waals surface area contributed by atoms with E-state index in [1.54, 1.807) is 6.07 Å². The minimum atomic E-state index is -3.99. The van der Waals surface area contributed by atoms with E-state index in [0.29, 0.717) is 0 Å². The van der Waals surface area contributed by atoms with E-state index >= 15 is 0 Å². The van der Waals surface area contributed by atoms with Crippen molar-refractivity contribution >= 4 is 43.3 Å².